The van der Waals surface area contributed by atoms with Gasteiger partial charge in [-0.15, -0.1) is 0 Å². The molecule has 2 aromatic heterocycles. The highest BCUT2D eigenvalue weighted by atomic mass is 19.1. The van der Waals surface area contributed by atoms with Crippen molar-refractivity contribution in [1.29, 1.82) is 0 Å². The second-order valence-corrected chi connectivity index (χ2v) is 8.32. The summed E-state index contributed by atoms with van der Waals surface area (Å²) in [6.45, 7) is 0.125. The number of nitrogens with two attached hydrogens (primary N) is 1. The molecular weight excluding hydrogens is 460 g/mol. The summed E-state index contributed by atoms with van der Waals surface area (Å²) in [4.78, 5) is 12.2. The normalized spacial score (nSPS) is 22.3. The summed E-state index contributed by atoms with van der Waals surface area (Å²) < 4.78 is 40.2. The molecule has 1 aliphatic heterocycles. The minimum absolute atomic E-state index is 0.0304. The lowest BCUT2D eigenvalue weighted by molar-refractivity contribution is -0.0661. The number of aliphatic hydroxyl groups is 2. The van der Waals surface area contributed by atoms with Gasteiger partial charge in [0.2, 0.25) is 0 Å². The van der Waals surface area contributed by atoms with Crippen molar-refractivity contribution in [3.8, 4) is 0 Å². The van der Waals surface area contributed by atoms with Crippen LogP contribution in [-0.2, 0) is 9.47 Å². The molecule has 1 aliphatic rings. The van der Waals surface area contributed by atoms with E-state index in [0.717, 1.165) is 11.1 Å². The number of ether oxygens (including phenoxy) is 2. The quantitative estimate of drug-likeness (QED) is 0.365. The lowest BCUT2D eigenvalue weighted by Gasteiger charge is -2.21. The lowest BCUT2D eigenvalue weighted by Crippen LogP contribution is -2.34. The topological polar surface area (TPSA) is 129 Å². The minimum atomic E-state index is -1.26. The zero-order valence-electron chi connectivity index (χ0n) is 18.4. The van der Waals surface area contributed by atoms with Crippen molar-refractivity contribution < 1.29 is 28.5 Å². The number of nitrogens with zero attached hydrogens (tertiary/aromatic N) is 4. The Labute approximate surface area is 198 Å². The summed E-state index contributed by atoms with van der Waals surface area (Å²) in [5.41, 5.74) is 8.11. The van der Waals surface area contributed by atoms with Gasteiger partial charge in [0, 0.05) is 5.92 Å². The van der Waals surface area contributed by atoms with Gasteiger partial charge in [0.15, 0.2) is 17.7 Å². The number of benzene rings is 2. The zero-order chi connectivity index (χ0) is 24.5. The van der Waals surface area contributed by atoms with Gasteiger partial charge in [-0.05, 0) is 35.4 Å². The summed E-state index contributed by atoms with van der Waals surface area (Å²) in [6.07, 6.45) is -1.59. The van der Waals surface area contributed by atoms with E-state index in [1.807, 2.05) is 0 Å². The number of rotatable bonds is 7. The molecule has 4 aromatic rings. The van der Waals surface area contributed by atoms with Crippen LogP contribution in [0.4, 0.5) is 14.6 Å². The van der Waals surface area contributed by atoms with E-state index in [1.165, 1.54) is 41.5 Å². The molecule has 3 heterocycles. The molecule has 2 aromatic carbocycles. The van der Waals surface area contributed by atoms with Crippen LogP contribution in [0, 0.1) is 11.6 Å². The maximum Gasteiger partial charge on any atom is 0.167 e. The van der Waals surface area contributed by atoms with E-state index in [0.29, 0.717) is 11.2 Å². The van der Waals surface area contributed by atoms with Crippen molar-refractivity contribution in [3.05, 3.63) is 83.9 Å². The van der Waals surface area contributed by atoms with Crippen LogP contribution in [-0.4, -0.2) is 61.3 Å². The molecule has 0 bridgehead atoms. The summed E-state index contributed by atoms with van der Waals surface area (Å²) in [7, 11) is 0. The molecule has 0 unspecified atom stereocenters. The predicted molar refractivity (Wildman–Crippen MR) is 121 cm³/mol. The van der Waals surface area contributed by atoms with Gasteiger partial charge in [-0.3, -0.25) is 4.57 Å². The number of aliphatic hydroxyl groups excluding tert-OH is 2. The molecule has 1 saturated heterocycles. The van der Waals surface area contributed by atoms with Gasteiger partial charge in [-0.1, -0.05) is 24.3 Å². The lowest BCUT2D eigenvalue weighted by atomic mass is 9.92. The van der Waals surface area contributed by atoms with Gasteiger partial charge in [-0.2, -0.15) is 0 Å². The first kappa shape index (κ1) is 23.2. The van der Waals surface area contributed by atoms with Crippen molar-refractivity contribution in [3.63, 3.8) is 0 Å². The van der Waals surface area contributed by atoms with Crippen LogP contribution in [0.1, 0.15) is 23.3 Å². The summed E-state index contributed by atoms with van der Waals surface area (Å²) in [5, 5.41) is 21.2. The molecular formula is C24H23F2N5O4. The molecule has 4 N–H and O–H groups in total. The Morgan fingerprint density at radius 2 is 1.57 bits per heavy atom. The molecule has 35 heavy (non-hydrogen) atoms. The Hall–Kier alpha value is -3.51. The Kier molecular flexibility index (Phi) is 6.39. The fourth-order valence-electron chi connectivity index (χ4n) is 4.23. The Balaban J connectivity index is 1.30. The predicted octanol–water partition coefficient (Wildman–Crippen LogP) is 2.15. The first-order valence-corrected chi connectivity index (χ1v) is 11.0. The van der Waals surface area contributed by atoms with E-state index in [-0.39, 0.29) is 36.6 Å². The number of fused-ring (bicyclic) bond motifs is 1. The smallest absolute Gasteiger partial charge is 0.167 e. The van der Waals surface area contributed by atoms with Gasteiger partial charge in [0.1, 0.15) is 41.8 Å². The molecule has 0 amide bonds. The van der Waals surface area contributed by atoms with E-state index >= 15 is 0 Å². The third kappa shape index (κ3) is 4.58. The summed E-state index contributed by atoms with van der Waals surface area (Å²) in [5.74, 6) is -0.856. The summed E-state index contributed by atoms with van der Waals surface area (Å²) in [6, 6.07) is 12.0. The van der Waals surface area contributed by atoms with E-state index in [1.54, 1.807) is 24.3 Å². The standard InChI is InChI=1S/C24H23F2N5O4/c25-15-5-1-13(2-6-15)17(14-3-7-16(26)8-4-14)9-34-10-18-20(32)21(33)24(35-18)31-12-30-19-22(27)28-11-29-23(19)31/h1-8,11-12,17-18,20-21,24,32-33H,9-10H2,(H2,27,28,29)/t18-,20-,21-,24-/m1/s1. The Bertz CT molecular complexity index is 1260. The maximum absolute atomic E-state index is 13.4. The van der Waals surface area contributed by atoms with Gasteiger partial charge in [-0.25, -0.2) is 23.7 Å². The number of imidazole rings is 1. The molecule has 11 heteroatoms. The van der Waals surface area contributed by atoms with E-state index in [4.69, 9.17) is 15.2 Å². The number of halogens is 2. The van der Waals surface area contributed by atoms with Gasteiger partial charge in [0.25, 0.3) is 0 Å². The van der Waals surface area contributed by atoms with Crippen LogP contribution in [0.3, 0.4) is 0 Å². The average Bonchev–Trinajstić information content (AvgIpc) is 3.41. The van der Waals surface area contributed by atoms with E-state index < -0.39 is 24.5 Å². The number of anilines is 1. The molecule has 4 atom stereocenters. The van der Waals surface area contributed by atoms with E-state index in [2.05, 4.69) is 15.0 Å². The third-order valence-corrected chi connectivity index (χ3v) is 6.11. The third-order valence-electron chi connectivity index (χ3n) is 6.11. The van der Waals surface area contributed by atoms with Gasteiger partial charge in [0.05, 0.1) is 19.5 Å². The fourth-order valence-corrected chi connectivity index (χ4v) is 4.23. The largest absolute Gasteiger partial charge is 0.387 e. The first-order chi connectivity index (χ1) is 16.9. The van der Waals surface area contributed by atoms with Crippen molar-refractivity contribution in [1.82, 2.24) is 19.5 Å². The molecule has 0 radical (unpaired) electrons. The fraction of sp³-hybridized carbons (Fsp3) is 0.292. The first-order valence-electron chi connectivity index (χ1n) is 11.0. The molecule has 1 fully saturated rings. The van der Waals surface area contributed by atoms with Crippen molar-refractivity contribution in [2.45, 2.75) is 30.5 Å². The van der Waals surface area contributed by atoms with Crippen LogP contribution in [0.15, 0.2) is 61.2 Å². The zero-order valence-corrected chi connectivity index (χ0v) is 18.4. The van der Waals surface area contributed by atoms with Gasteiger partial charge < -0.3 is 25.4 Å². The molecule has 0 saturated carbocycles. The molecule has 0 aliphatic carbocycles. The molecule has 9 nitrogen and oxygen atoms in total. The van der Waals surface area contributed by atoms with Crippen LogP contribution < -0.4 is 5.73 Å². The maximum atomic E-state index is 13.4. The summed E-state index contributed by atoms with van der Waals surface area (Å²) >= 11 is 0. The van der Waals surface area contributed by atoms with Crippen LogP contribution in [0.5, 0.6) is 0 Å². The SMILES string of the molecule is Nc1ncnc2c1ncn2[C@@H]1O[C@H](COCC(c2ccc(F)cc2)c2ccc(F)cc2)[C@@H](O)[C@H]1O. The highest BCUT2D eigenvalue weighted by Crippen LogP contribution is 2.33. The monoisotopic (exact) mass is 483 g/mol. The van der Waals surface area contributed by atoms with Crippen LogP contribution in [0.2, 0.25) is 0 Å². The highest BCUT2D eigenvalue weighted by Gasteiger charge is 2.44. The molecule has 5 rings (SSSR count). The second kappa shape index (κ2) is 9.62. The Morgan fingerprint density at radius 3 is 2.20 bits per heavy atom. The average molecular weight is 483 g/mol. The van der Waals surface area contributed by atoms with Crippen LogP contribution >= 0.6 is 0 Å². The second-order valence-electron chi connectivity index (χ2n) is 8.32. The van der Waals surface area contributed by atoms with Gasteiger partial charge >= 0.3 is 0 Å². The van der Waals surface area contributed by atoms with Crippen molar-refractivity contribution >= 4 is 17.0 Å². The Morgan fingerprint density at radius 1 is 0.943 bits per heavy atom. The number of hydrogen-bond donors (Lipinski definition) is 3. The van der Waals surface area contributed by atoms with E-state index in [9.17, 15) is 19.0 Å². The molecule has 182 valence electrons. The van der Waals surface area contributed by atoms with Crippen LogP contribution in [0.25, 0.3) is 11.2 Å². The highest BCUT2D eigenvalue weighted by molar-refractivity contribution is 5.81. The number of hydrogen-bond acceptors (Lipinski definition) is 8. The van der Waals surface area contributed by atoms with Crippen molar-refractivity contribution in [2.75, 3.05) is 18.9 Å². The number of nitrogen functional groups attached to an aromatic ring is 1. The number of aromatic nitrogens is 4. The molecule has 0 spiro atoms. The van der Waals surface area contributed by atoms with Crippen molar-refractivity contribution in [2.24, 2.45) is 0 Å². The minimum Gasteiger partial charge on any atom is -0.387 e.